The van der Waals surface area contributed by atoms with Gasteiger partial charge in [-0.05, 0) is 140 Å². The highest BCUT2D eigenvalue weighted by Gasteiger charge is 2.17. The van der Waals surface area contributed by atoms with Gasteiger partial charge in [0, 0.05) is 44.3 Å². The van der Waals surface area contributed by atoms with Crippen molar-refractivity contribution < 1.29 is 4.42 Å². The summed E-state index contributed by atoms with van der Waals surface area (Å²) < 4.78 is 8.70. The van der Waals surface area contributed by atoms with E-state index >= 15 is 0 Å². The van der Waals surface area contributed by atoms with Gasteiger partial charge < -0.3 is 13.9 Å². The summed E-state index contributed by atoms with van der Waals surface area (Å²) in [6, 6.07) is 87.8. The summed E-state index contributed by atoms with van der Waals surface area (Å²) in [6.07, 6.45) is 0. The van der Waals surface area contributed by atoms with E-state index in [2.05, 4.69) is 240 Å². The van der Waals surface area contributed by atoms with E-state index < -0.39 is 0 Å². The van der Waals surface area contributed by atoms with Crippen LogP contribution in [0.15, 0.2) is 247 Å². The van der Waals surface area contributed by atoms with Crippen LogP contribution in [0.4, 0.5) is 17.1 Å². The molecule has 3 nitrogen and oxygen atoms in total. The minimum atomic E-state index is 0.890. The fourth-order valence-corrected chi connectivity index (χ4v) is 10.0. The number of para-hydroxylation sites is 3. The first-order valence-electron chi connectivity index (χ1n) is 22.2. The van der Waals surface area contributed by atoms with Gasteiger partial charge in [0.05, 0.1) is 11.0 Å². The van der Waals surface area contributed by atoms with Crippen molar-refractivity contribution in [2.75, 3.05) is 4.90 Å². The Morgan fingerprint density at radius 2 is 0.785 bits per heavy atom. The van der Waals surface area contributed by atoms with E-state index in [1.165, 1.54) is 54.5 Å². The Bertz CT molecular complexity index is 3900. The van der Waals surface area contributed by atoms with E-state index in [1.54, 1.807) is 0 Å². The third kappa shape index (κ3) is 6.28. The summed E-state index contributed by atoms with van der Waals surface area (Å²) in [5.41, 5.74) is 15.5. The number of hydrogen-bond acceptors (Lipinski definition) is 2. The monoisotopic (exact) mass is 828 g/mol. The van der Waals surface area contributed by atoms with Crippen molar-refractivity contribution in [1.29, 1.82) is 0 Å². The average molecular weight is 829 g/mol. The number of fused-ring (bicyclic) bond motifs is 9. The molecule has 13 rings (SSSR count). The first kappa shape index (κ1) is 36.9. The van der Waals surface area contributed by atoms with Crippen LogP contribution in [0.1, 0.15) is 0 Å². The minimum absolute atomic E-state index is 0.890. The Labute approximate surface area is 376 Å². The predicted octanol–water partition coefficient (Wildman–Crippen LogP) is 17.5. The van der Waals surface area contributed by atoms with Gasteiger partial charge in [0.15, 0.2) is 0 Å². The quantitative estimate of drug-likeness (QED) is 0.149. The largest absolute Gasteiger partial charge is 0.456 e. The number of furan rings is 1. The van der Waals surface area contributed by atoms with Crippen molar-refractivity contribution in [3.63, 3.8) is 0 Å². The van der Waals surface area contributed by atoms with Gasteiger partial charge in [0.2, 0.25) is 0 Å². The van der Waals surface area contributed by atoms with Crippen LogP contribution in [-0.2, 0) is 0 Å². The first-order valence-corrected chi connectivity index (χ1v) is 22.2. The Morgan fingerprint density at radius 1 is 0.277 bits per heavy atom. The molecule has 0 unspecified atom stereocenters. The van der Waals surface area contributed by atoms with E-state index in [0.717, 1.165) is 66.9 Å². The molecular weight excluding hydrogens is 789 g/mol. The van der Waals surface area contributed by atoms with Crippen LogP contribution in [0, 0.1) is 0 Å². The standard InChI is InChI=1S/C62H40N2O/c1-2-16-53-43(11-1)23-24-48-37-46(29-35-54(48)53)42-27-33-50(34-28-42)63(51-14-10-13-45(39-51)47-30-36-58-57-19-5-8-22-61(57)65-62(58)40-47)49-31-25-41(26-32-49)44-12-9-15-52(38-44)64-59-20-6-3-17-55(59)56-18-4-7-21-60(56)64/h1-40H. The molecule has 0 bridgehead atoms. The molecule has 13 aromatic rings. The van der Waals surface area contributed by atoms with Gasteiger partial charge in [-0.1, -0.05) is 158 Å². The molecule has 0 aliphatic heterocycles. The highest BCUT2D eigenvalue weighted by atomic mass is 16.3. The molecule has 2 heterocycles. The SMILES string of the molecule is c1cc(-c2ccc3c(c2)oc2ccccc23)cc(N(c2ccc(-c3cccc(-n4c5ccccc5c5ccccc54)c3)cc2)c2ccc(-c3ccc4c(ccc5ccccc54)c3)cc2)c1. The number of benzene rings is 11. The summed E-state index contributed by atoms with van der Waals surface area (Å²) in [5, 5.41) is 9.84. The van der Waals surface area contributed by atoms with Crippen LogP contribution in [0.3, 0.4) is 0 Å². The molecular formula is C62H40N2O. The number of anilines is 3. The van der Waals surface area contributed by atoms with Crippen LogP contribution >= 0.6 is 0 Å². The van der Waals surface area contributed by atoms with E-state index in [1.807, 2.05) is 12.1 Å². The van der Waals surface area contributed by atoms with Gasteiger partial charge in [0.25, 0.3) is 0 Å². The Balaban J connectivity index is 0.889. The van der Waals surface area contributed by atoms with Crippen LogP contribution in [0.2, 0.25) is 0 Å². The molecule has 0 saturated carbocycles. The zero-order valence-corrected chi connectivity index (χ0v) is 35.4. The second-order valence-corrected chi connectivity index (χ2v) is 16.9. The Kier molecular flexibility index (Phi) is 8.53. The number of hydrogen-bond donors (Lipinski definition) is 0. The molecule has 0 aliphatic rings. The summed E-state index contributed by atoms with van der Waals surface area (Å²) in [5.74, 6) is 0. The summed E-state index contributed by atoms with van der Waals surface area (Å²) in [4.78, 5) is 2.36. The van der Waals surface area contributed by atoms with Gasteiger partial charge in [-0.15, -0.1) is 0 Å². The lowest BCUT2D eigenvalue weighted by molar-refractivity contribution is 0.669. The fraction of sp³-hybridized carbons (Fsp3) is 0. The summed E-state index contributed by atoms with van der Waals surface area (Å²) in [6.45, 7) is 0. The lowest BCUT2D eigenvalue weighted by Gasteiger charge is -2.26. The van der Waals surface area contributed by atoms with Crippen LogP contribution in [0.5, 0.6) is 0 Å². The second kappa shape index (κ2) is 15.0. The molecule has 0 radical (unpaired) electrons. The zero-order chi connectivity index (χ0) is 42.8. The predicted molar refractivity (Wildman–Crippen MR) is 274 cm³/mol. The van der Waals surface area contributed by atoms with Crippen molar-refractivity contribution in [1.82, 2.24) is 4.57 Å². The normalized spacial score (nSPS) is 11.7. The minimum Gasteiger partial charge on any atom is -0.456 e. The molecule has 304 valence electrons. The molecule has 0 saturated heterocycles. The van der Waals surface area contributed by atoms with Crippen molar-refractivity contribution in [3.05, 3.63) is 243 Å². The Morgan fingerprint density at radius 3 is 1.51 bits per heavy atom. The molecule has 0 fully saturated rings. The van der Waals surface area contributed by atoms with E-state index in [0.29, 0.717) is 0 Å². The third-order valence-electron chi connectivity index (χ3n) is 13.2. The maximum atomic E-state index is 6.32. The molecule has 0 N–H and O–H groups in total. The van der Waals surface area contributed by atoms with Crippen LogP contribution in [-0.4, -0.2) is 4.57 Å². The van der Waals surface area contributed by atoms with Gasteiger partial charge >= 0.3 is 0 Å². The van der Waals surface area contributed by atoms with Gasteiger partial charge in [-0.25, -0.2) is 0 Å². The number of rotatable bonds is 7. The van der Waals surface area contributed by atoms with Gasteiger partial charge in [-0.2, -0.15) is 0 Å². The van der Waals surface area contributed by atoms with E-state index in [9.17, 15) is 0 Å². The number of aromatic nitrogens is 1. The fourth-order valence-electron chi connectivity index (χ4n) is 10.0. The Hall–Kier alpha value is -8.66. The molecule has 3 heteroatoms. The molecule has 65 heavy (non-hydrogen) atoms. The van der Waals surface area contributed by atoms with E-state index in [-0.39, 0.29) is 0 Å². The van der Waals surface area contributed by atoms with Crippen molar-refractivity contribution in [2.45, 2.75) is 0 Å². The molecule has 0 atom stereocenters. The molecule has 0 aliphatic carbocycles. The van der Waals surface area contributed by atoms with E-state index in [4.69, 9.17) is 4.42 Å². The highest BCUT2D eigenvalue weighted by molar-refractivity contribution is 6.10. The van der Waals surface area contributed by atoms with Gasteiger partial charge in [-0.3, -0.25) is 0 Å². The third-order valence-corrected chi connectivity index (χ3v) is 13.2. The van der Waals surface area contributed by atoms with Crippen molar-refractivity contribution >= 4 is 82.4 Å². The van der Waals surface area contributed by atoms with Crippen LogP contribution in [0.25, 0.3) is 104 Å². The highest BCUT2D eigenvalue weighted by Crippen LogP contribution is 2.41. The maximum absolute atomic E-state index is 6.32. The molecule has 2 aromatic heterocycles. The zero-order valence-electron chi connectivity index (χ0n) is 35.4. The molecule has 0 spiro atoms. The maximum Gasteiger partial charge on any atom is 0.136 e. The first-order chi connectivity index (χ1) is 32.2. The smallest absolute Gasteiger partial charge is 0.136 e. The molecule has 0 amide bonds. The summed E-state index contributed by atoms with van der Waals surface area (Å²) in [7, 11) is 0. The lowest BCUT2D eigenvalue weighted by atomic mass is 9.97. The lowest BCUT2D eigenvalue weighted by Crippen LogP contribution is -2.10. The van der Waals surface area contributed by atoms with Crippen molar-refractivity contribution in [3.8, 4) is 39.1 Å². The van der Waals surface area contributed by atoms with Crippen molar-refractivity contribution in [2.24, 2.45) is 0 Å². The molecule has 11 aromatic carbocycles. The van der Waals surface area contributed by atoms with Gasteiger partial charge in [0.1, 0.15) is 11.2 Å². The van der Waals surface area contributed by atoms with Crippen LogP contribution < -0.4 is 4.90 Å². The summed E-state index contributed by atoms with van der Waals surface area (Å²) >= 11 is 0. The number of nitrogens with zero attached hydrogens (tertiary/aromatic N) is 2. The average Bonchev–Trinajstić information content (AvgIpc) is 3.92. The second-order valence-electron chi connectivity index (χ2n) is 16.9. The topological polar surface area (TPSA) is 21.3 Å².